The molecule has 1 atom stereocenters. The Morgan fingerprint density at radius 1 is 1.38 bits per heavy atom. The fraction of sp³-hybridized carbons (Fsp3) is 0.769. The van der Waals surface area contributed by atoms with E-state index in [-0.39, 0.29) is 12.1 Å². The van der Waals surface area contributed by atoms with E-state index in [1.54, 1.807) is 0 Å². The molecule has 0 radical (unpaired) electrons. The summed E-state index contributed by atoms with van der Waals surface area (Å²) in [6.07, 6.45) is 9.55. The molecule has 0 aromatic heterocycles. The Labute approximate surface area is 99.3 Å². The zero-order valence-electron chi connectivity index (χ0n) is 10.6. The van der Waals surface area contributed by atoms with Gasteiger partial charge in [-0.05, 0) is 12.8 Å². The van der Waals surface area contributed by atoms with Gasteiger partial charge in [0.05, 0.1) is 7.11 Å². The van der Waals surface area contributed by atoms with E-state index in [1.165, 1.54) is 32.8 Å². The van der Waals surface area contributed by atoms with Crippen molar-refractivity contribution in [2.45, 2.75) is 57.9 Å². The summed E-state index contributed by atoms with van der Waals surface area (Å²) >= 11 is 0. The molecule has 0 aliphatic carbocycles. The van der Waals surface area contributed by atoms with Gasteiger partial charge in [-0.25, -0.2) is 4.79 Å². The normalized spacial score (nSPS) is 11.9. The van der Waals surface area contributed by atoms with E-state index in [2.05, 4.69) is 23.6 Å². The fourth-order valence-corrected chi connectivity index (χ4v) is 1.67. The molecule has 0 aliphatic heterocycles. The SMILES string of the molecule is C=CC[C@H](CCCCCCC)NC(=O)OC. The van der Waals surface area contributed by atoms with Gasteiger partial charge in [-0.1, -0.05) is 45.1 Å². The van der Waals surface area contributed by atoms with E-state index in [0.29, 0.717) is 0 Å². The highest BCUT2D eigenvalue weighted by molar-refractivity contribution is 5.67. The van der Waals surface area contributed by atoms with Crippen LogP contribution in [-0.4, -0.2) is 19.2 Å². The molecular formula is C13H25NO2. The molecule has 0 spiro atoms. The summed E-state index contributed by atoms with van der Waals surface area (Å²) in [4.78, 5) is 11.1. The second-order valence-electron chi connectivity index (χ2n) is 4.06. The third-order valence-electron chi connectivity index (χ3n) is 2.61. The number of rotatable bonds is 9. The number of ether oxygens (including phenoxy) is 1. The van der Waals surface area contributed by atoms with Crippen molar-refractivity contribution in [1.82, 2.24) is 5.32 Å². The van der Waals surface area contributed by atoms with E-state index >= 15 is 0 Å². The molecule has 0 bridgehead atoms. The topological polar surface area (TPSA) is 38.3 Å². The van der Waals surface area contributed by atoms with Crippen LogP contribution in [0.25, 0.3) is 0 Å². The van der Waals surface area contributed by atoms with Crippen molar-refractivity contribution in [3.05, 3.63) is 12.7 Å². The maximum absolute atomic E-state index is 11.1. The molecule has 0 saturated heterocycles. The fourth-order valence-electron chi connectivity index (χ4n) is 1.67. The Balaban J connectivity index is 3.67. The van der Waals surface area contributed by atoms with Gasteiger partial charge in [0.2, 0.25) is 0 Å². The first-order chi connectivity index (χ1) is 7.74. The predicted molar refractivity (Wildman–Crippen MR) is 67.5 cm³/mol. The third kappa shape index (κ3) is 8.33. The van der Waals surface area contributed by atoms with Gasteiger partial charge in [-0.2, -0.15) is 0 Å². The average Bonchev–Trinajstić information content (AvgIpc) is 2.28. The Hall–Kier alpha value is -0.990. The smallest absolute Gasteiger partial charge is 0.407 e. The Bertz CT molecular complexity index is 192. The van der Waals surface area contributed by atoms with Crippen LogP contribution < -0.4 is 5.32 Å². The molecule has 0 heterocycles. The average molecular weight is 227 g/mol. The van der Waals surface area contributed by atoms with Gasteiger partial charge in [0.25, 0.3) is 0 Å². The van der Waals surface area contributed by atoms with E-state index < -0.39 is 0 Å². The monoisotopic (exact) mass is 227 g/mol. The molecule has 0 saturated carbocycles. The van der Waals surface area contributed by atoms with Crippen molar-refractivity contribution in [2.24, 2.45) is 0 Å². The molecule has 94 valence electrons. The molecule has 0 rings (SSSR count). The minimum atomic E-state index is -0.347. The Kier molecular flexibility index (Phi) is 9.87. The first-order valence-corrected chi connectivity index (χ1v) is 6.20. The first-order valence-electron chi connectivity index (χ1n) is 6.20. The minimum Gasteiger partial charge on any atom is -0.453 e. The lowest BCUT2D eigenvalue weighted by Crippen LogP contribution is -2.34. The zero-order valence-corrected chi connectivity index (χ0v) is 10.6. The Morgan fingerprint density at radius 3 is 2.62 bits per heavy atom. The molecule has 0 aromatic carbocycles. The summed E-state index contributed by atoms with van der Waals surface area (Å²) < 4.78 is 4.59. The predicted octanol–water partition coefficient (Wildman–Crippen LogP) is 3.65. The Morgan fingerprint density at radius 2 is 2.06 bits per heavy atom. The number of carbonyl (C=O) groups is 1. The number of carbonyl (C=O) groups excluding carboxylic acids is 1. The van der Waals surface area contributed by atoms with Crippen molar-refractivity contribution in [3.8, 4) is 0 Å². The second-order valence-corrected chi connectivity index (χ2v) is 4.06. The number of hydrogen-bond donors (Lipinski definition) is 1. The lowest BCUT2D eigenvalue weighted by Gasteiger charge is -2.15. The maximum atomic E-state index is 11.1. The summed E-state index contributed by atoms with van der Waals surface area (Å²) in [7, 11) is 1.39. The van der Waals surface area contributed by atoms with Crippen molar-refractivity contribution in [1.29, 1.82) is 0 Å². The molecular weight excluding hydrogens is 202 g/mol. The van der Waals surface area contributed by atoms with Crippen LogP contribution in [0.2, 0.25) is 0 Å². The van der Waals surface area contributed by atoms with Crippen LogP contribution in [0.3, 0.4) is 0 Å². The molecule has 0 aromatic rings. The number of amides is 1. The van der Waals surface area contributed by atoms with Gasteiger partial charge >= 0.3 is 6.09 Å². The van der Waals surface area contributed by atoms with Crippen LogP contribution in [0.1, 0.15) is 51.9 Å². The van der Waals surface area contributed by atoms with Gasteiger partial charge in [-0.3, -0.25) is 0 Å². The van der Waals surface area contributed by atoms with Gasteiger partial charge in [-0.15, -0.1) is 6.58 Å². The molecule has 1 amide bonds. The molecule has 0 fully saturated rings. The highest BCUT2D eigenvalue weighted by atomic mass is 16.5. The van der Waals surface area contributed by atoms with Crippen LogP contribution in [-0.2, 0) is 4.74 Å². The van der Waals surface area contributed by atoms with E-state index in [4.69, 9.17) is 0 Å². The van der Waals surface area contributed by atoms with Crippen LogP contribution in [0.15, 0.2) is 12.7 Å². The van der Waals surface area contributed by atoms with Crippen LogP contribution in [0.5, 0.6) is 0 Å². The van der Waals surface area contributed by atoms with E-state index in [9.17, 15) is 4.79 Å². The summed E-state index contributed by atoms with van der Waals surface area (Å²) in [5, 5.41) is 2.83. The van der Waals surface area contributed by atoms with E-state index in [1.807, 2.05) is 6.08 Å². The van der Waals surface area contributed by atoms with E-state index in [0.717, 1.165) is 19.3 Å². The van der Waals surface area contributed by atoms with Gasteiger partial charge in [0.1, 0.15) is 0 Å². The lowest BCUT2D eigenvalue weighted by molar-refractivity contribution is 0.165. The van der Waals surface area contributed by atoms with Crippen molar-refractivity contribution < 1.29 is 9.53 Å². The summed E-state index contributed by atoms with van der Waals surface area (Å²) in [5.41, 5.74) is 0. The molecule has 3 nitrogen and oxygen atoms in total. The highest BCUT2D eigenvalue weighted by Gasteiger charge is 2.09. The molecule has 0 aliphatic rings. The largest absolute Gasteiger partial charge is 0.453 e. The molecule has 1 N–H and O–H groups in total. The standard InChI is InChI=1S/C13H25NO2/c1-4-6-7-8-9-11-12(10-5-2)14-13(15)16-3/h5,12H,2,4,6-11H2,1,3H3,(H,14,15)/t12-/m1/s1. The van der Waals surface area contributed by atoms with Crippen molar-refractivity contribution in [3.63, 3.8) is 0 Å². The van der Waals surface area contributed by atoms with Crippen LogP contribution >= 0.6 is 0 Å². The van der Waals surface area contributed by atoms with Crippen molar-refractivity contribution >= 4 is 6.09 Å². The minimum absolute atomic E-state index is 0.173. The number of alkyl carbamates (subject to hydrolysis) is 1. The molecule has 3 heteroatoms. The van der Waals surface area contributed by atoms with Crippen LogP contribution in [0, 0.1) is 0 Å². The summed E-state index contributed by atoms with van der Waals surface area (Å²) in [5.74, 6) is 0. The van der Waals surface area contributed by atoms with Crippen LogP contribution in [0.4, 0.5) is 4.79 Å². The zero-order chi connectivity index (χ0) is 12.2. The molecule has 16 heavy (non-hydrogen) atoms. The number of unbranched alkanes of at least 4 members (excludes halogenated alkanes) is 4. The van der Waals surface area contributed by atoms with Gasteiger partial charge in [0.15, 0.2) is 0 Å². The number of methoxy groups -OCH3 is 1. The maximum Gasteiger partial charge on any atom is 0.407 e. The van der Waals surface area contributed by atoms with Gasteiger partial charge in [0, 0.05) is 6.04 Å². The lowest BCUT2D eigenvalue weighted by atomic mass is 10.0. The third-order valence-corrected chi connectivity index (χ3v) is 2.61. The second kappa shape index (κ2) is 10.5. The molecule has 0 unspecified atom stereocenters. The highest BCUT2D eigenvalue weighted by Crippen LogP contribution is 2.09. The first kappa shape index (κ1) is 15.0. The number of hydrogen-bond acceptors (Lipinski definition) is 2. The summed E-state index contributed by atoms with van der Waals surface area (Å²) in [6, 6.07) is 0.173. The quantitative estimate of drug-likeness (QED) is 0.482. The summed E-state index contributed by atoms with van der Waals surface area (Å²) in [6.45, 7) is 5.91. The van der Waals surface area contributed by atoms with Gasteiger partial charge < -0.3 is 10.1 Å². The number of nitrogens with one attached hydrogen (secondary N) is 1. The van der Waals surface area contributed by atoms with Crippen molar-refractivity contribution in [2.75, 3.05) is 7.11 Å².